The van der Waals surface area contributed by atoms with Gasteiger partial charge in [-0.1, -0.05) is 0 Å². The van der Waals surface area contributed by atoms with Crippen LogP contribution in [0.3, 0.4) is 0 Å². The van der Waals surface area contributed by atoms with E-state index in [-0.39, 0.29) is 0 Å². The van der Waals surface area contributed by atoms with E-state index in [1.54, 1.807) is 0 Å². The Labute approximate surface area is 360 Å². The molecule has 0 fully saturated rings. The Morgan fingerprint density at radius 2 is 0.288 bits per heavy atom. The van der Waals surface area contributed by atoms with Gasteiger partial charge in [0.25, 0.3) is 0 Å². The third-order valence-corrected chi connectivity index (χ3v) is 301. The van der Waals surface area contributed by atoms with E-state index in [2.05, 4.69) is 273 Å². The van der Waals surface area contributed by atoms with Crippen molar-refractivity contribution in [3.63, 3.8) is 0 Å². The monoisotopic (exact) mass is 1200 g/mol. The van der Waals surface area contributed by atoms with Crippen LogP contribution in [0.1, 0.15) is 0 Å². The number of hydrogen-bond acceptors (Lipinski definition) is 0. The molecule has 0 bridgehead atoms. The van der Waals surface area contributed by atoms with Gasteiger partial charge in [0, 0.05) is 0 Å². The van der Waals surface area contributed by atoms with Crippen LogP contribution in [0.25, 0.3) is 0 Å². The number of halogens is 1. The van der Waals surface area contributed by atoms with Gasteiger partial charge < -0.3 is 0 Å². The summed E-state index contributed by atoms with van der Waals surface area (Å²) in [4.78, 5) is 0. The summed E-state index contributed by atoms with van der Waals surface area (Å²) < 4.78 is 9.07. The molecule has 59 heavy (non-hydrogen) atoms. The summed E-state index contributed by atoms with van der Waals surface area (Å²) in [6.07, 6.45) is 0. The Morgan fingerprint density at radius 3 is 0.390 bits per heavy atom. The molecule has 0 saturated heterocycles. The molecule has 9 aromatic carbocycles. The van der Waals surface area contributed by atoms with E-state index in [1.807, 2.05) is 0 Å². The molecule has 0 heterocycles. The molecular weight excluding hydrogens is 1150 g/mol. The molecule has 0 nitrogen and oxygen atoms in total. The van der Waals surface area contributed by atoms with Crippen molar-refractivity contribution in [3.8, 4) is 0 Å². The quantitative estimate of drug-likeness (QED) is 0.123. The SMILES string of the molecule is [Cl][Rh]([SbH]([c]1ccccc1)([c]1ccccc1)[c]1ccccc1)([SbH]([c]1ccccc1)([c]1ccccc1)[c]1ccccc1)[SbH]([c]1ccccc1)([c]1ccccc1)[c]1ccccc1. The fourth-order valence-corrected chi connectivity index (χ4v) is 468. The summed E-state index contributed by atoms with van der Waals surface area (Å²) in [5.41, 5.74) is 0. The van der Waals surface area contributed by atoms with E-state index in [9.17, 15) is 9.69 Å². The topological polar surface area (TPSA) is 0 Å². The van der Waals surface area contributed by atoms with Crippen LogP contribution < -0.4 is 31.6 Å². The van der Waals surface area contributed by atoms with Crippen LogP contribution in [-0.2, 0) is 2.93 Å². The minimum atomic E-state index is -4.80. The van der Waals surface area contributed by atoms with Crippen LogP contribution in [0.2, 0.25) is 0 Å². The van der Waals surface area contributed by atoms with E-state index in [4.69, 9.17) is 0 Å². The summed E-state index contributed by atoms with van der Waals surface area (Å²) in [7, 11) is 10.6. The third kappa shape index (κ3) is 6.68. The molecule has 0 unspecified atom stereocenters. The predicted octanol–water partition coefficient (Wildman–Crippen LogP) is 6.49. The van der Waals surface area contributed by atoms with Gasteiger partial charge in [-0.2, -0.15) is 0 Å². The normalized spacial score (nSPS) is 14.3. The van der Waals surface area contributed by atoms with Crippen LogP contribution in [0, 0.1) is 0 Å². The second kappa shape index (κ2) is 18.1. The molecule has 0 spiro atoms. The van der Waals surface area contributed by atoms with E-state index in [0.29, 0.717) is 0 Å². The molecule has 9 aromatic rings. The molecular formula is C54H48ClRhSb3. The molecule has 0 N–H and O–H groups in total. The van der Waals surface area contributed by atoms with Gasteiger partial charge in [-0.15, -0.1) is 0 Å². The summed E-state index contributed by atoms with van der Waals surface area (Å²) in [6, 6.07) is 106. The molecule has 0 aliphatic heterocycles. The zero-order valence-corrected chi connectivity index (χ0v) is 43.6. The van der Waals surface area contributed by atoms with Gasteiger partial charge in [0.2, 0.25) is 0 Å². The first-order valence-electron chi connectivity index (χ1n) is 20.1. The number of rotatable bonds is 12. The maximum atomic E-state index is 10.6. The van der Waals surface area contributed by atoms with Crippen LogP contribution in [-0.4, -0.2) is 47.8 Å². The minimum absolute atomic E-state index is 1.46. The van der Waals surface area contributed by atoms with Crippen molar-refractivity contribution in [2.24, 2.45) is 0 Å². The zero-order valence-electron chi connectivity index (χ0n) is 32.7. The molecule has 0 radical (unpaired) electrons. The molecule has 9 rings (SSSR count). The van der Waals surface area contributed by atoms with Crippen molar-refractivity contribution in [3.05, 3.63) is 273 Å². The first-order chi connectivity index (χ1) is 29.2. The second-order valence-electron chi connectivity index (χ2n) is 14.6. The predicted molar refractivity (Wildman–Crippen MR) is 262 cm³/mol. The summed E-state index contributed by atoms with van der Waals surface area (Å²) in [6.45, 7) is 0. The van der Waals surface area contributed by atoms with E-state index in [1.165, 1.54) is 31.6 Å². The molecule has 0 amide bonds. The van der Waals surface area contributed by atoms with Gasteiger partial charge in [-0.3, -0.25) is 0 Å². The Bertz CT molecular complexity index is 2100. The summed E-state index contributed by atoms with van der Waals surface area (Å²) >= 11 is -14.4. The number of benzene rings is 9. The number of hydrogen-bond donors (Lipinski definition) is 0. The molecule has 5 heteroatoms. The van der Waals surface area contributed by atoms with Gasteiger partial charge >= 0.3 is 365 Å². The van der Waals surface area contributed by atoms with Gasteiger partial charge in [-0.05, 0) is 0 Å². The van der Waals surface area contributed by atoms with E-state index >= 15 is 0 Å². The van der Waals surface area contributed by atoms with Crippen molar-refractivity contribution in [2.45, 2.75) is 0 Å². The van der Waals surface area contributed by atoms with E-state index in [0.717, 1.165) is 0 Å². The fraction of sp³-hybridized carbons (Fsp3) is 0. The zero-order chi connectivity index (χ0) is 40.0. The molecule has 0 aromatic heterocycles. The summed E-state index contributed by atoms with van der Waals surface area (Å²) in [5.74, 6) is 0. The van der Waals surface area contributed by atoms with Crippen LogP contribution >= 0.6 is 9.69 Å². The van der Waals surface area contributed by atoms with Gasteiger partial charge in [-0.25, -0.2) is 0 Å². The first-order valence-corrected chi connectivity index (χ1v) is 54.4. The van der Waals surface area contributed by atoms with Crippen molar-refractivity contribution < 1.29 is 2.93 Å². The van der Waals surface area contributed by atoms with Crippen molar-refractivity contribution in [2.75, 3.05) is 0 Å². The molecule has 0 saturated carbocycles. The van der Waals surface area contributed by atoms with Crippen molar-refractivity contribution in [1.82, 2.24) is 0 Å². The van der Waals surface area contributed by atoms with Crippen molar-refractivity contribution in [1.29, 1.82) is 0 Å². The molecule has 0 aliphatic carbocycles. The van der Waals surface area contributed by atoms with Crippen LogP contribution in [0.15, 0.2) is 273 Å². The second-order valence-corrected chi connectivity index (χ2v) is 153. The molecule has 0 atom stereocenters. The Kier molecular flexibility index (Phi) is 12.5. The average molecular weight is 1200 g/mol. The van der Waals surface area contributed by atoms with Gasteiger partial charge in [0.1, 0.15) is 0 Å². The third-order valence-electron chi connectivity index (χ3n) is 11.5. The first kappa shape index (κ1) is 40.7. The average Bonchev–Trinajstić information content (AvgIpc) is 3.33. The maximum absolute atomic E-state index is 10.6. The molecule has 295 valence electrons. The Balaban J connectivity index is 1.71. The van der Waals surface area contributed by atoms with Crippen LogP contribution in [0.5, 0.6) is 0 Å². The van der Waals surface area contributed by atoms with Crippen molar-refractivity contribution >= 4 is 89.1 Å². The van der Waals surface area contributed by atoms with Gasteiger partial charge in [0.15, 0.2) is 0 Å². The summed E-state index contributed by atoms with van der Waals surface area (Å²) in [5, 5.41) is 0. The Morgan fingerprint density at radius 1 is 0.186 bits per heavy atom. The van der Waals surface area contributed by atoms with Gasteiger partial charge in [0.05, 0.1) is 0 Å². The molecule has 0 aliphatic rings. The Hall–Kier alpha value is -3.65. The van der Waals surface area contributed by atoms with E-state index < -0.39 is 50.7 Å². The standard InChI is InChI=1S/9C6H5.ClH.Rh.3Sb.3H/c9*1-2-4-6-5-3-1;;;;;;;;/h9*1-5H;1H;;;;;;;/q;;;;;;;;;;+1;;;;;;/p-1. The van der Waals surface area contributed by atoms with Crippen LogP contribution in [0.4, 0.5) is 0 Å². The fourth-order valence-electron chi connectivity index (χ4n) is 9.20.